The average molecular weight is 698 g/mol. The summed E-state index contributed by atoms with van der Waals surface area (Å²) in [6, 6.07) is 4.32. The smallest absolute Gasteiger partial charge is 0.344 e. The van der Waals surface area contributed by atoms with Gasteiger partial charge in [-0.25, -0.2) is 14.4 Å². The molecule has 0 saturated carbocycles. The first-order valence-electron chi connectivity index (χ1n) is 18.6. The molecule has 2 rings (SSSR count). The molecule has 3 unspecified atom stereocenters. The number of aromatic amines is 1. The molecule has 0 aliphatic heterocycles. The summed E-state index contributed by atoms with van der Waals surface area (Å²) in [5.74, 6) is -2.05. The third kappa shape index (κ3) is 13.0. The summed E-state index contributed by atoms with van der Waals surface area (Å²) < 4.78 is 16.8. The van der Waals surface area contributed by atoms with E-state index in [0.29, 0.717) is 0 Å². The Labute approximate surface area is 297 Å². The van der Waals surface area contributed by atoms with Gasteiger partial charge in [0.15, 0.2) is 0 Å². The highest BCUT2D eigenvalue weighted by Crippen LogP contribution is 2.32. The molecule has 0 bridgehead atoms. The van der Waals surface area contributed by atoms with Gasteiger partial charge in [-0.3, -0.25) is 9.78 Å². The molecule has 278 valence electrons. The fourth-order valence-corrected chi connectivity index (χ4v) is 5.59. The minimum atomic E-state index is -0.831. The molecule has 3 atom stereocenters. The number of H-pyrrole nitrogens is 1. The summed E-state index contributed by atoms with van der Waals surface area (Å²) in [4.78, 5) is 54.6. The second-order valence-electron chi connectivity index (χ2n) is 13.1. The zero-order valence-electron chi connectivity index (χ0n) is 31.3. The van der Waals surface area contributed by atoms with Crippen LogP contribution in [0.1, 0.15) is 155 Å². The number of pyridine rings is 1. The fraction of sp³-hybridized carbons (Fsp3) is 0.641. The van der Waals surface area contributed by atoms with Gasteiger partial charge in [0.2, 0.25) is 5.88 Å². The molecule has 0 aliphatic rings. The first kappa shape index (κ1) is 42.1. The van der Waals surface area contributed by atoms with E-state index in [-0.39, 0.29) is 71.2 Å². The number of nitrogens with zero attached hydrogens (tertiary/aromatic N) is 2. The van der Waals surface area contributed by atoms with Gasteiger partial charge in [-0.15, -0.1) is 10.2 Å². The molecule has 0 spiro atoms. The van der Waals surface area contributed by atoms with E-state index >= 15 is 0 Å². The molecule has 1 aromatic heterocycles. The number of esters is 3. The molecule has 2 aromatic rings. The van der Waals surface area contributed by atoms with Crippen LogP contribution in [0.15, 0.2) is 33.2 Å². The predicted octanol–water partition coefficient (Wildman–Crippen LogP) is 9.92. The second-order valence-corrected chi connectivity index (χ2v) is 13.1. The van der Waals surface area contributed by atoms with Crippen LogP contribution in [0.25, 0.3) is 0 Å². The Balaban J connectivity index is 2.47. The Morgan fingerprint density at radius 2 is 1.20 bits per heavy atom. The minimum absolute atomic E-state index is 0.0000746. The van der Waals surface area contributed by atoms with Crippen LogP contribution < -0.4 is 5.56 Å². The van der Waals surface area contributed by atoms with E-state index in [0.717, 1.165) is 77.0 Å². The Hall–Kier alpha value is -4.02. The van der Waals surface area contributed by atoms with Gasteiger partial charge in [-0.2, -0.15) is 0 Å². The SMILES string of the molecule is CCCCC(CC)COC(=O)c1ccc(C(=O)OCC(CC)CCCC)c(/N=N/c2c(O)[nH]c(=O)c(C(=O)OCC(CC)CCCC)c2C)c1. The van der Waals surface area contributed by atoms with E-state index in [1.165, 1.54) is 25.1 Å². The molecule has 0 aliphatic carbocycles. The summed E-state index contributed by atoms with van der Waals surface area (Å²) >= 11 is 0. The van der Waals surface area contributed by atoms with Crippen molar-refractivity contribution in [2.75, 3.05) is 19.8 Å². The predicted molar refractivity (Wildman–Crippen MR) is 195 cm³/mol. The third-order valence-corrected chi connectivity index (χ3v) is 9.31. The van der Waals surface area contributed by atoms with Crippen molar-refractivity contribution in [1.29, 1.82) is 0 Å². The number of rotatable bonds is 23. The molecule has 0 saturated heterocycles. The summed E-state index contributed by atoms with van der Waals surface area (Å²) in [5, 5.41) is 19.1. The van der Waals surface area contributed by atoms with Gasteiger partial charge in [-0.1, -0.05) is 99.3 Å². The lowest BCUT2D eigenvalue weighted by Crippen LogP contribution is -2.23. The molecule has 11 nitrogen and oxygen atoms in total. The monoisotopic (exact) mass is 697 g/mol. The summed E-state index contributed by atoms with van der Waals surface area (Å²) in [5.41, 5.74) is -1.03. The van der Waals surface area contributed by atoms with Gasteiger partial charge in [0.1, 0.15) is 16.9 Å². The number of carbonyl (C=O) groups excluding carboxylic acids is 3. The van der Waals surface area contributed by atoms with E-state index in [9.17, 15) is 24.3 Å². The Kier molecular flexibility index (Phi) is 19.1. The lowest BCUT2D eigenvalue weighted by molar-refractivity contribution is 0.0415. The van der Waals surface area contributed by atoms with Crippen molar-refractivity contribution in [3.05, 3.63) is 50.8 Å². The number of carbonyl (C=O) groups is 3. The second kappa shape index (κ2) is 22.6. The van der Waals surface area contributed by atoms with Crippen molar-refractivity contribution in [2.24, 2.45) is 28.0 Å². The topological polar surface area (TPSA) is 157 Å². The van der Waals surface area contributed by atoms with Crippen LogP contribution in [0, 0.1) is 24.7 Å². The van der Waals surface area contributed by atoms with E-state index in [1.54, 1.807) is 0 Å². The Morgan fingerprint density at radius 1 is 0.720 bits per heavy atom. The highest BCUT2D eigenvalue weighted by Gasteiger charge is 2.24. The first-order chi connectivity index (χ1) is 24.0. The van der Waals surface area contributed by atoms with Crippen molar-refractivity contribution < 1.29 is 33.7 Å². The summed E-state index contributed by atoms with van der Waals surface area (Å²) in [6.07, 6.45) is 11.5. The summed E-state index contributed by atoms with van der Waals surface area (Å²) in [6.45, 7) is 14.6. The number of hydrogen-bond donors (Lipinski definition) is 2. The summed E-state index contributed by atoms with van der Waals surface area (Å²) in [7, 11) is 0. The molecule has 0 amide bonds. The molecular formula is C39H59N3O8. The van der Waals surface area contributed by atoms with Crippen LogP contribution in [-0.4, -0.2) is 47.8 Å². The van der Waals surface area contributed by atoms with Crippen molar-refractivity contribution in [3.8, 4) is 5.88 Å². The van der Waals surface area contributed by atoms with E-state index in [1.807, 2.05) is 6.92 Å². The van der Waals surface area contributed by atoms with Gasteiger partial charge >= 0.3 is 17.9 Å². The maximum absolute atomic E-state index is 13.3. The zero-order chi connectivity index (χ0) is 37.1. The van der Waals surface area contributed by atoms with Gasteiger partial charge in [0, 0.05) is 5.56 Å². The van der Waals surface area contributed by atoms with Crippen molar-refractivity contribution in [1.82, 2.24) is 4.98 Å². The largest absolute Gasteiger partial charge is 0.493 e. The van der Waals surface area contributed by atoms with E-state index in [4.69, 9.17) is 14.2 Å². The Morgan fingerprint density at radius 3 is 1.68 bits per heavy atom. The molecule has 1 heterocycles. The number of azo groups is 1. The highest BCUT2D eigenvalue weighted by atomic mass is 16.5. The quantitative estimate of drug-likeness (QED) is 0.0660. The van der Waals surface area contributed by atoms with Crippen molar-refractivity contribution >= 4 is 29.3 Å². The molecule has 2 N–H and O–H groups in total. The molecule has 50 heavy (non-hydrogen) atoms. The number of nitrogens with one attached hydrogen (secondary N) is 1. The number of hydrogen-bond acceptors (Lipinski definition) is 10. The molecular weight excluding hydrogens is 638 g/mol. The van der Waals surface area contributed by atoms with Gasteiger partial charge in [0.25, 0.3) is 5.56 Å². The number of benzene rings is 1. The lowest BCUT2D eigenvalue weighted by atomic mass is 10.0. The maximum Gasteiger partial charge on any atom is 0.344 e. The number of ether oxygens (including phenoxy) is 3. The van der Waals surface area contributed by atoms with Gasteiger partial charge < -0.3 is 19.3 Å². The van der Waals surface area contributed by atoms with Crippen molar-refractivity contribution in [2.45, 2.75) is 126 Å². The number of aromatic hydroxyl groups is 1. The van der Waals surface area contributed by atoms with Crippen molar-refractivity contribution in [3.63, 3.8) is 0 Å². The van der Waals surface area contributed by atoms with Crippen LogP contribution in [0.5, 0.6) is 5.88 Å². The minimum Gasteiger partial charge on any atom is -0.493 e. The fourth-order valence-electron chi connectivity index (χ4n) is 5.59. The zero-order valence-corrected chi connectivity index (χ0v) is 31.3. The van der Waals surface area contributed by atoms with Crippen LogP contribution in [-0.2, 0) is 14.2 Å². The first-order valence-corrected chi connectivity index (χ1v) is 18.6. The maximum atomic E-state index is 13.3. The molecule has 11 heteroatoms. The third-order valence-electron chi connectivity index (χ3n) is 9.31. The Bertz CT molecular complexity index is 1470. The van der Waals surface area contributed by atoms with Gasteiger partial charge in [0.05, 0.1) is 30.9 Å². The van der Waals surface area contributed by atoms with E-state index in [2.05, 4.69) is 49.8 Å². The molecule has 1 aromatic carbocycles. The standard InChI is InChI=1S/C39H59N3O8/c1-8-14-17-27(11-4)23-48-37(45)30-20-21-31(38(46)49-24-28(12-5)18-15-9-2)32(22-30)41-42-34-26(7)33(35(43)40-36(34)44)39(47)50-25-29(13-6)19-16-10-3/h20-22,27-29H,8-19,23-25H2,1-7H3,(H2,40,43,44)/b42-41+. The number of aromatic nitrogens is 1. The molecule has 0 radical (unpaired) electrons. The molecule has 0 fully saturated rings. The van der Waals surface area contributed by atoms with Crippen LogP contribution in [0.4, 0.5) is 11.4 Å². The highest BCUT2D eigenvalue weighted by molar-refractivity contribution is 5.98. The lowest BCUT2D eigenvalue weighted by Gasteiger charge is -2.16. The van der Waals surface area contributed by atoms with Crippen LogP contribution in [0.3, 0.4) is 0 Å². The van der Waals surface area contributed by atoms with E-state index < -0.39 is 29.3 Å². The normalized spacial score (nSPS) is 13.2. The van der Waals surface area contributed by atoms with Crippen LogP contribution in [0.2, 0.25) is 0 Å². The number of unbranched alkanes of at least 4 members (excludes halogenated alkanes) is 3. The van der Waals surface area contributed by atoms with Crippen LogP contribution >= 0.6 is 0 Å². The average Bonchev–Trinajstić information content (AvgIpc) is 3.11. The van der Waals surface area contributed by atoms with Gasteiger partial charge in [-0.05, 0) is 62.1 Å².